The molecule has 0 aliphatic carbocycles. The molecule has 2 unspecified atom stereocenters. The Morgan fingerprint density at radius 1 is 1.29 bits per heavy atom. The summed E-state index contributed by atoms with van der Waals surface area (Å²) in [6.07, 6.45) is 12.0. The Morgan fingerprint density at radius 2 is 2.14 bits per heavy atom. The van der Waals surface area contributed by atoms with Crippen molar-refractivity contribution < 1.29 is 0 Å². The van der Waals surface area contributed by atoms with Gasteiger partial charge in [-0.1, -0.05) is 26.7 Å². The maximum Gasteiger partial charge on any atom is 0.0538 e. The van der Waals surface area contributed by atoms with Gasteiger partial charge in [-0.05, 0) is 44.7 Å². The third-order valence-electron chi connectivity index (χ3n) is 4.73. The number of likely N-dealkylation sites (tertiary alicyclic amines) is 1. The van der Waals surface area contributed by atoms with Gasteiger partial charge in [-0.25, -0.2) is 0 Å². The fourth-order valence-corrected chi connectivity index (χ4v) is 3.60. The van der Waals surface area contributed by atoms with Gasteiger partial charge in [0.1, 0.15) is 0 Å². The van der Waals surface area contributed by atoms with Crippen LogP contribution < -0.4 is 5.73 Å². The van der Waals surface area contributed by atoms with Crippen molar-refractivity contribution in [2.24, 2.45) is 11.7 Å². The first-order valence-corrected chi connectivity index (χ1v) is 8.74. The highest BCUT2D eigenvalue weighted by Gasteiger charge is 2.24. The molecule has 120 valence electrons. The fourth-order valence-electron chi connectivity index (χ4n) is 3.60. The summed E-state index contributed by atoms with van der Waals surface area (Å²) in [4.78, 5) is 2.59. The fraction of sp³-hybridized carbons (Fsp3) is 0.824. The topological polar surface area (TPSA) is 47.1 Å². The minimum atomic E-state index is 0.344. The van der Waals surface area contributed by atoms with Crippen LogP contribution in [0.25, 0.3) is 0 Å². The van der Waals surface area contributed by atoms with Gasteiger partial charge in [0.2, 0.25) is 0 Å². The van der Waals surface area contributed by atoms with Crippen molar-refractivity contribution in [2.45, 2.75) is 65.0 Å². The summed E-state index contributed by atoms with van der Waals surface area (Å²) in [6.45, 7) is 8.54. The molecule has 2 N–H and O–H groups in total. The molecule has 2 heterocycles. The zero-order valence-corrected chi connectivity index (χ0v) is 13.8. The molecule has 1 aromatic heterocycles. The molecule has 1 saturated heterocycles. The van der Waals surface area contributed by atoms with Crippen molar-refractivity contribution in [3.8, 4) is 0 Å². The zero-order chi connectivity index (χ0) is 15.1. The van der Waals surface area contributed by atoms with Gasteiger partial charge in [-0.2, -0.15) is 5.10 Å². The summed E-state index contributed by atoms with van der Waals surface area (Å²) >= 11 is 0. The van der Waals surface area contributed by atoms with Crippen LogP contribution in [0.4, 0.5) is 0 Å². The van der Waals surface area contributed by atoms with E-state index in [0.29, 0.717) is 12.6 Å². The number of nitrogens with two attached hydrogens (primary N) is 1. The van der Waals surface area contributed by atoms with Gasteiger partial charge >= 0.3 is 0 Å². The quantitative estimate of drug-likeness (QED) is 0.839. The molecule has 2 atom stereocenters. The average Bonchev–Trinajstić information content (AvgIpc) is 2.81. The lowest BCUT2D eigenvalue weighted by molar-refractivity contribution is 0.206. The van der Waals surface area contributed by atoms with E-state index in [1.165, 1.54) is 50.8 Å². The van der Waals surface area contributed by atoms with Crippen LogP contribution in [-0.4, -0.2) is 34.3 Å². The predicted octanol–water partition coefficient (Wildman–Crippen LogP) is 3.20. The van der Waals surface area contributed by atoms with Crippen LogP contribution in [0.2, 0.25) is 0 Å². The monoisotopic (exact) mass is 292 g/mol. The van der Waals surface area contributed by atoms with E-state index in [-0.39, 0.29) is 0 Å². The Kier molecular flexibility index (Phi) is 6.71. The van der Waals surface area contributed by atoms with Crippen LogP contribution in [0.3, 0.4) is 0 Å². The zero-order valence-electron chi connectivity index (χ0n) is 13.8. The molecule has 1 aliphatic rings. The van der Waals surface area contributed by atoms with Gasteiger partial charge in [0.15, 0.2) is 0 Å². The molecular weight excluding hydrogens is 260 g/mol. The number of hydrogen-bond acceptors (Lipinski definition) is 3. The molecule has 0 bridgehead atoms. The van der Waals surface area contributed by atoms with Crippen molar-refractivity contribution >= 4 is 0 Å². The summed E-state index contributed by atoms with van der Waals surface area (Å²) in [5.74, 6) is 0.918. The summed E-state index contributed by atoms with van der Waals surface area (Å²) in [7, 11) is 0. The van der Waals surface area contributed by atoms with Crippen LogP contribution in [0.15, 0.2) is 12.4 Å². The third kappa shape index (κ3) is 4.55. The van der Waals surface area contributed by atoms with Crippen molar-refractivity contribution in [1.82, 2.24) is 14.7 Å². The van der Waals surface area contributed by atoms with Crippen LogP contribution in [0.5, 0.6) is 0 Å². The minimum Gasteiger partial charge on any atom is -0.329 e. The van der Waals surface area contributed by atoms with Crippen LogP contribution >= 0.6 is 0 Å². The molecular formula is C17H32N4. The van der Waals surface area contributed by atoms with Gasteiger partial charge in [-0.3, -0.25) is 9.58 Å². The minimum absolute atomic E-state index is 0.344. The molecule has 1 aromatic rings. The van der Waals surface area contributed by atoms with E-state index in [4.69, 9.17) is 5.73 Å². The van der Waals surface area contributed by atoms with Crippen LogP contribution in [0.1, 0.15) is 64.0 Å². The van der Waals surface area contributed by atoms with E-state index in [0.717, 1.165) is 18.9 Å². The predicted molar refractivity (Wildman–Crippen MR) is 88.1 cm³/mol. The number of hydrogen-bond donors (Lipinski definition) is 1. The Morgan fingerprint density at radius 3 is 2.86 bits per heavy atom. The molecule has 2 rings (SSSR count). The Labute approximate surface area is 129 Å². The SMILES string of the molecule is CCCC1CCCN(C(CN)c2cnn(CCC)c2)CC1. The highest BCUT2D eigenvalue weighted by molar-refractivity contribution is 5.11. The first kappa shape index (κ1) is 16.5. The standard InChI is InChI=1S/C17H32N4/c1-3-6-15-7-5-10-20(11-8-15)17(12-18)16-13-19-21(14-16)9-4-2/h13-15,17H,3-12,18H2,1-2H3. The Bertz CT molecular complexity index is 401. The Hall–Kier alpha value is -0.870. The van der Waals surface area contributed by atoms with Crippen molar-refractivity contribution in [3.05, 3.63) is 18.0 Å². The molecule has 0 amide bonds. The normalized spacial score (nSPS) is 22.1. The molecule has 21 heavy (non-hydrogen) atoms. The van der Waals surface area contributed by atoms with E-state index in [1.807, 2.05) is 6.20 Å². The number of aryl methyl sites for hydroxylation is 1. The molecule has 0 spiro atoms. The van der Waals surface area contributed by atoms with E-state index >= 15 is 0 Å². The van der Waals surface area contributed by atoms with Gasteiger partial charge in [0, 0.05) is 24.8 Å². The number of rotatable bonds is 7. The van der Waals surface area contributed by atoms with E-state index in [9.17, 15) is 0 Å². The first-order valence-electron chi connectivity index (χ1n) is 8.74. The summed E-state index contributed by atoms with van der Waals surface area (Å²) in [5, 5.41) is 4.47. The second-order valence-corrected chi connectivity index (χ2v) is 6.41. The second-order valence-electron chi connectivity index (χ2n) is 6.41. The molecule has 1 aliphatic heterocycles. The lowest BCUT2D eigenvalue weighted by atomic mass is 9.96. The van der Waals surface area contributed by atoms with Crippen molar-refractivity contribution in [1.29, 1.82) is 0 Å². The van der Waals surface area contributed by atoms with Gasteiger partial charge < -0.3 is 5.73 Å². The average molecular weight is 292 g/mol. The highest BCUT2D eigenvalue weighted by atomic mass is 15.3. The van der Waals surface area contributed by atoms with Gasteiger partial charge in [-0.15, -0.1) is 0 Å². The van der Waals surface area contributed by atoms with Crippen molar-refractivity contribution in [2.75, 3.05) is 19.6 Å². The maximum atomic E-state index is 6.08. The molecule has 0 saturated carbocycles. The molecule has 0 aromatic carbocycles. The third-order valence-corrected chi connectivity index (χ3v) is 4.73. The summed E-state index contributed by atoms with van der Waals surface area (Å²) in [6, 6.07) is 0.344. The summed E-state index contributed by atoms with van der Waals surface area (Å²) < 4.78 is 2.05. The first-order chi connectivity index (χ1) is 10.3. The molecule has 1 fully saturated rings. The van der Waals surface area contributed by atoms with E-state index in [1.54, 1.807) is 0 Å². The highest BCUT2D eigenvalue weighted by Crippen LogP contribution is 2.27. The van der Waals surface area contributed by atoms with Crippen molar-refractivity contribution in [3.63, 3.8) is 0 Å². The lowest BCUT2D eigenvalue weighted by Gasteiger charge is -2.29. The lowest BCUT2D eigenvalue weighted by Crippen LogP contribution is -2.34. The number of nitrogens with zero attached hydrogens (tertiary/aromatic N) is 3. The smallest absolute Gasteiger partial charge is 0.0538 e. The number of aromatic nitrogens is 2. The van der Waals surface area contributed by atoms with Crippen LogP contribution in [-0.2, 0) is 6.54 Å². The van der Waals surface area contributed by atoms with E-state index < -0.39 is 0 Å². The second kappa shape index (κ2) is 8.54. The van der Waals surface area contributed by atoms with Gasteiger partial charge in [0.05, 0.1) is 12.2 Å². The maximum absolute atomic E-state index is 6.08. The van der Waals surface area contributed by atoms with E-state index in [2.05, 4.69) is 34.7 Å². The van der Waals surface area contributed by atoms with Gasteiger partial charge in [0.25, 0.3) is 0 Å². The van der Waals surface area contributed by atoms with Crippen LogP contribution in [0, 0.1) is 5.92 Å². The molecule has 0 radical (unpaired) electrons. The molecule has 4 nitrogen and oxygen atoms in total. The largest absolute Gasteiger partial charge is 0.329 e. The Balaban J connectivity index is 1.99. The summed E-state index contributed by atoms with van der Waals surface area (Å²) in [5.41, 5.74) is 7.38. The molecule has 4 heteroatoms.